The molecule has 4 heterocycles. The van der Waals surface area contributed by atoms with Crippen LogP contribution < -0.4 is 11.1 Å². The summed E-state index contributed by atoms with van der Waals surface area (Å²) in [4.78, 5) is 12.6. The molecule has 6 rings (SSSR count). The molecule has 29 heavy (non-hydrogen) atoms. The van der Waals surface area contributed by atoms with Crippen molar-refractivity contribution >= 4 is 16.1 Å². The second-order valence-electron chi connectivity index (χ2n) is 9.48. The molecule has 5 fully saturated rings. The minimum Gasteiger partial charge on any atom is -0.360 e. The van der Waals surface area contributed by atoms with E-state index in [2.05, 4.69) is 10.5 Å². The van der Waals surface area contributed by atoms with Crippen molar-refractivity contribution in [2.24, 2.45) is 17.6 Å². The van der Waals surface area contributed by atoms with Gasteiger partial charge in [-0.3, -0.25) is 4.79 Å². The lowest BCUT2D eigenvalue weighted by Crippen LogP contribution is -2.56. The SMILES string of the molecule is NC1C2CN(S(=O)(=O)N3[C@@H]4CC[C@H]3C[C@@H](NC(=O)c3cc(C5CC5)on3)C4)CC12. The normalized spacial score (nSPS) is 39.5. The largest absolute Gasteiger partial charge is 0.360 e. The summed E-state index contributed by atoms with van der Waals surface area (Å²) in [7, 11) is -3.46. The summed E-state index contributed by atoms with van der Waals surface area (Å²) >= 11 is 0. The van der Waals surface area contributed by atoms with Crippen LogP contribution in [0.1, 0.15) is 60.7 Å². The number of nitrogens with two attached hydrogens (primary N) is 1. The Morgan fingerprint density at radius 1 is 1.14 bits per heavy atom. The predicted octanol–water partition coefficient (Wildman–Crippen LogP) is 0.411. The standard InChI is InChI=1S/C19H27N5O4S/c20-18-14-8-23(9-15(14)18)29(26,27)24-12-3-4-13(24)6-11(5-12)21-19(25)16-7-17(28-22-16)10-1-2-10/h7,10-15,18H,1-6,8-9,20H2,(H,21,25)/t11-,12+,13-,14?,15?,18?. The molecule has 0 aromatic carbocycles. The molecule has 9 nitrogen and oxygen atoms in total. The number of nitrogens with one attached hydrogen (secondary N) is 1. The molecular formula is C19H27N5O4S. The molecule has 2 aliphatic carbocycles. The molecule has 2 unspecified atom stereocenters. The number of aromatic nitrogens is 1. The molecule has 5 atom stereocenters. The van der Waals surface area contributed by atoms with Crippen molar-refractivity contribution in [2.45, 2.75) is 68.6 Å². The van der Waals surface area contributed by atoms with E-state index < -0.39 is 10.2 Å². The minimum absolute atomic E-state index is 0.0343. The highest BCUT2D eigenvalue weighted by molar-refractivity contribution is 7.86. The molecule has 1 aromatic heterocycles. The van der Waals surface area contributed by atoms with Gasteiger partial charge in [0, 0.05) is 49.2 Å². The second kappa shape index (κ2) is 6.26. The first-order chi connectivity index (χ1) is 13.9. The molecule has 1 aromatic rings. The number of carbonyl (C=O) groups excluding carboxylic acids is 1. The first-order valence-corrected chi connectivity index (χ1v) is 12.1. The van der Waals surface area contributed by atoms with Crippen molar-refractivity contribution in [3.05, 3.63) is 17.5 Å². The smallest absolute Gasteiger partial charge is 0.282 e. The first kappa shape index (κ1) is 18.3. The maximum atomic E-state index is 13.2. The van der Waals surface area contributed by atoms with Crippen LogP contribution in [0.3, 0.4) is 0 Å². The van der Waals surface area contributed by atoms with Crippen LogP contribution >= 0.6 is 0 Å². The van der Waals surface area contributed by atoms with Crippen LogP contribution in [0.4, 0.5) is 0 Å². The molecular weight excluding hydrogens is 394 g/mol. The van der Waals surface area contributed by atoms with Crippen molar-refractivity contribution in [1.29, 1.82) is 0 Å². The van der Waals surface area contributed by atoms with Crippen molar-refractivity contribution in [3.63, 3.8) is 0 Å². The second-order valence-corrected chi connectivity index (χ2v) is 11.3. The zero-order valence-corrected chi connectivity index (χ0v) is 17.1. The van der Waals surface area contributed by atoms with Crippen molar-refractivity contribution in [3.8, 4) is 0 Å². The van der Waals surface area contributed by atoms with Crippen LogP contribution in [0.25, 0.3) is 0 Å². The number of nitrogens with zero attached hydrogens (tertiary/aromatic N) is 3. The molecule has 2 bridgehead atoms. The highest BCUT2D eigenvalue weighted by Crippen LogP contribution is 2.47. The van der Waals surface area contributed by atoms with E-state index in [1.54, 1.807) is 14.7 Å². The molecule has 5 aliphatic rings. The summed E-state index contributed by atoms with van der Waals surface area (Å²) in [6, 6.07) is 1.79. The van der Waals surface area contributed by atoms with Crippen LogP contribution in [0, 0.1) is 11.8 Å². The van der Waals surface area contributed by atoms with Gasteiger partial charge in [0.1, 0.15) is 5.76 Å². The quantitative estimate of drug-likeness (QED) is 0.710. The van der Waals surface area contributed by atoms with Crippen LogP contribution in [-0.4, -0.2) is 65.3 Å². The average molecular weight is 422 g/mol. The third-order valence-corrected chi connectivity index (χ3v) is 9.64. The van der Waals surface area contributed by atoms with Gasteiger partial charge in [0.2, 0.25) is 0 Å². The van der Waals surface area contributed by atoms with Crippen molar-refractivity contribution in [2.75, 3.05) is 13.1 Å². The molecule has 2 saturated carbocycles. The minimum atomic E-state index is -3.46. The summed E-state index contributed by atoms with van der Waals surface area (Å²) < 4.78 is 35.1. The Balaban J connectivity index is 1.11. The van der Waals surface area contributed by atoms with E-state index in [1.807, 2.05) is 0 Å². The van der Waals surface area contributed by atoms with Crippen molar-refractivity contribution in [1.82, 2.24) is 19.1 Å². The van der Waals surface area contributed by atoms with Crippen molar-refractivity contribution < 1.29 is 17.7 Å². The summed E-state index contributed by atoms with van der Waals surface area (Å²) in [5.41, 5.74) is 6.29. The van der Waals surface area contributed by atoms with Gasteiger partial charge in [-0.05, 0) is 50.4 Å². The van der Waals surface area contributed by atoms with Gasteiger partial charge >= 0.3 is 0 Å². The number of carbonyl (C=O) groups is 1. The Bertz CT molecular complexity index is 918. The molecule has 10 heteroatoms. The predicted molar refractivity (Wildman–Crippen MR) is 103 cm³/mol. The number of hydrogen-bond donors (Lipinski definition) is 2. The maximum absolute atomic E-state index is 13.2. The molecule has 158 valence electrons. The van der Waals surface area contributed by atoms with Gasteiger partial charge in [-0.15, -0.1) is 0 Å². The highest BCUT2D eigenvalue weighted by atomic mass is 32.2. The third kappa shape index (κ3) is 2.95. The summed E-state index contributed by atoms with van der Waals surface area (Å²) in [5.74, 6) is 1.65. The monoisotopic (exact) mass is 421 g/mol. The number of piperidine rings is 2. The highest BCUT2D eigenvalue weighted by Gasteiger charge is 2.58. The van der Waals surface area contributed by atoms with Crippen LogP contribution in [-0.2, 0) is 10.2 Å². The maximum Gasteiger partial charge on any atom is 0.282 e. The zero-order chi connectivity index (χ0) is 19.9. The lowest BCUT2D eigenvalue weighted by atomic mass is 9.99. The lowest BCUT2D eigenvalue weighted by Gasteiger charge is -2.40. The van der Waals surface area contributed by atoms with Gasteiger partial charge in [-0.1, -0.05) is 5.16 Å². The summed E-state index contributed by atoms with van der Waals surface area (Å²) in [5, 5.41) is 6.97. The molecule has 1 amide bonds. The van der Waals surface area contributed by atoms with E-state index in [9.17, 15) is 13.2 Å². The average Bonchev–Trinajstić information content (AvgIpc) is 3.42. The van der Waals surface area contributed by atoms with Gasteiger partial charge in [0.15, 0.2) is 5.69 Å². The molecule has 0 radical (unpaired) electrons. The molecule has 3 saturated heterocycles. The third-order valence-electron chi connectivity index (χ3n) is 7.56. The zero-order valence-electron chi connectivity index (χ0n) is 16.2. The Morgan fingerprint density at radius 2 is 1.79 bits per heavy atom. The number of hydrogen-bond acceptors (Lipinski definition) is 6. The van der Waals surface area contributed by atoms with E-state index in [1.165, 1.54) is 0 Å². The van der Waals surface area contributed by atoms with Crippen LogP contribution in [0.5, 0.6) is 0 Å². The number of amides is 1. The fourth-order valence-corrected chi connectivity index (χ4v) is 7.82. The molecule has 0 spiro atoms. The summed E-state index contributed by atoms with van der Waals surface area (Å²) in [6.45, 7) is 1.11. The topological polar surface area (TPSA) is 122 Å². The van der Waals surface area contributed by atoms with E-state index in [-0.39, 0.29) is 30.1 Å². The lowest BCUT2D eigenvalue weighted by molar-refractivity contribution is 0.0898. The van der Waals surface area contributed by atoms with Gasteiger partial charge in [0.25, 0.3) is 16.1 Å². The van der Waals surface area contributed by atoms with Gasteiger partial charge in [-0.25, -0.2) is 0 Å². The fraction of sp³-hybridized carbons (Fsp3) is 0.789. The van der Waals surface area contributed by atoms with Crippen LogP contribution in [0.2, 0.25) is 0 Å². The van der Waals surface area contributed by atoms with E-state index in [0.717, 1.165) is 31.4 Å². The van der Waals surface area contributed by atoms with Gasteiger partial charge in [-0.2, -0.15) is 17.0 Å². The number of rotatable bonds is 5. The molecule has 3 N–H and O–H groups in total. The van der Waals surface area contributed by atoms with Gasteiger partial charge < -0.3 is 15.6 Å². The summed E-state index contributed by atoms with van der Waals surface area (Å²) in [6.07, 6.45) is 5.19. The van der Waals surface area contributed by atoms with E-state index >= 15 is 0 Å². The first-order valence-electron chi connectivity index (χ1n) is 10.7. The Hall–Kier alpha value is -1.49. The van der Waals surface area contributed by atoms with Crippen LogP contribution in [0.15, 0.2) is 10.6 Å². The van der Waals surface area contributed by atoms with E-state index in [0.29, 0.717) is 49.4 Å². The van der Waals surface area contributed by atoms with E-state index in [4.69, 9.17) is 10.3 Å². The fourth-order valence-electron chi connectivity index (χ4n) is 5.70. The number of fused-ring (bicyclic) bond motifs is 3. The Morgan fingerprint density at radius 3 is 2.41 bits per heavy atom. The Labute approximate surface area is 170 Å². The molecule has 3 aliphatic heterocycles. The van der Waals surface area contributed by atoms with Gasteiger partial charge in [0.05, 0.1) is 0 Å². The Kier molecular flexibility index (Phi) is 3.95.